The van der Waals surface area contributed by atoms with E-state index in [-0.39, 0.29) is 12.2 Å². The Morgan fingerprint density at radius 2 is 1.00 bits per heavy atom. The molecule has 0 amide bonds. The molecule has 0 saturated heterocycles. The molecule has 4 nitrogen and oxygen atoms in total. The van der Waals surface area contributed by atoms with Gasteiger partial charge in [-0.15, -0.1) is 0 Å². The summed E-state index contributed by atoms with van der Waals surface area (Å²) < 4.78 is 0. The van der Waals surface area contributed by atoms with Gasteiger partial charge in [-0.2, -0.15) is 0 Å². The lowest BCUT2D eigenvalue weighted by atomic mass is 10.0. The number of aliphatic hydroxyl groups is 2. The highest BCUT2D eigenvalue weighted by Gasteiger charge is 2.23. The van der Waals surface area contributed by atoms with Crippen molar-refractivity contribution in [3.63, 3.8) is 0 Å². The van der Waals surface area contributed by atoms with Crippen LogP contribution in [-0.2, 0) is 0 Å². The Balaban J connectivity index is 1.31. The van der Waals surface area contributed by atoms with Gasteiger partial charge in [0.1, 0.15) is 0 Å². The molecule has 2 saturated carbocycles. The molecule has 0 radical (unpaired) electrons. The lowest BCUT2D eigenvalue weighted by Crippen LogP contribution is -2.32. The number of hydrogen-bond donors (Lipinski definition) is 4. The van der Waals surface area contributed by atoms with Gasteiger partial charge in [-0.25, -0.2) is 0 Å². The van der Waals surface area contributed by atoms with Gasteiger partial charge in [0.2, 0.25) is 0 Å². The molecule has 2 unspecified atom stereocenters. The molecular formula is C20H40N2O2. The van der Waals surface area contributed by atoms with Crippen molar-refractivity contribution in [3.8, 4) is 0 Å². The third-order valence-corrected chi connectivity index (χ3v) is 6.05. The SMILES string of the molecule is OC(CNCCCCCCNCC(O)C1CCCC1)C1CCCC1. The van der Waals surface area contributed by atoms with Crippen LogP contribution in [0.15, 0.2) is 0 Å². The highest BCUT2D eigenvalue weighted by Crippen LogP contribution is 2.28. The van der Waals surface area contributed by atoms with Gasteiger partial charge < -0.3 is 20.8 Å². The Bertz CT molecular complexity index is 272. The topological polar surface area (TPSA) is 64.5 Å². The second kappa shape index (κ2) is 12.2. The van der Waals surface area contributed by atoms with E-state index in [2.05, 4.69) is 10.6 Å². The fourth-order valence-corrected chi connectivity index (χ4v) is 4.37. The minimum Gasteiger partial charge on any atom is -0.392 e. The minimum atomic E-state index is -0.136. The second-order valence-corrected chi connectivity index (χ2v) is 8.05. The first-order chi connectivity index (χ1) is 11.8. The van der Waals surface area contributed by atoms with Crippen molar-refractivity contribution in [1.29, 1.82) is 0 Å². The van der Waals surface area contributed by atoms with E-state index in [0.717, 1.165) is 26.2 Å². The van der Waals surface area contributed by atoms with Crippen LogP contribution in [0, 0.1) is 11.8 Å². The van der Waals surface area contributed by atoms with Gasteiger partial charge in [0, 0.05) is 13.1 Å². The summed E-state index contributed by atoms with van der Waals surface area (Å²) in [5.74, 6) is 1.09. The van der Waals surface area contributed by atoms with E-state index in [0.29, 0.717) is 11.8 Å². The van der Waals surface area contributed by atoms with Gasteiger partial charge in [-0.3, -0.25) is 0 Å². The Hall–Kier alpha value is -0.160. The van der Waals surface area contributed by atoms with Gasteiger partial charge in [-0.05, 0) is 63.5 Å². The lowest BCUT2D eigenvalue weighted by molar-refractivity contribution is 0.109. The zero-order valence-electron chi connectivity index (χ0n) is 15.5. The normalized spacial score (nSPS) is 22.2. The van der Waals surface area contributed by atoms with Gasteiger partial charge in [0.25, 0.3) is 0 Å². The quantitative estimate of drug-likeness (QED) is 0.389. The van der Waals surface area contributed by atoms with E-state index in [1.165, 1.54) is 77.0 Å². The molecule has 0 aromatic heterocycles. The van der Waals surface area contributed by atoms with Crippen LogP contribution in [0.25, 0.3) is 0 Å². The molecule has 0 bridgehead atoms. The van der Waals surface area contributed by atoms with E-state index >= 15 is 0 Å². The fraction of sp³-hybridized carbons (Fsp3) is 1.00. The molecular weight excluding hydrogens is 300 g/mol. The summed E-state index contributed by atoms with van der Waals surface area (Å²) >= 11 is 0. The second-order valence-electron chi connectivity index (χ2n) is 8.05. The largest absolute Gasteiger partial charge is 0.392 e. The molecule has 2 aliphatic rings. The molecule has 0 aromatic rings. The van der Waals surface area contributed by atoms with Crippen molar-refractivity contribution < 1.29 is 10.2 Å². The van der Waals surface area contributed by atoms with Gasteiger partial charge in [0.05, 0.1) is 12.2 Å². The summed E-state index contributed by atoms with van der Waals surface area (Å²) in [6.45, 7) is 3.59. The Labute approximate surface area is 148 Å². The van der Waals surface area contributed by atoms with E-state index in [1.54, 1.807) is 0 Å². The summed E-state index contributed by atoms with van der Waals surface area (Å²) in [7, 11) is 0. The van der Waals surface area contributed by atoms with Gasteiger partial charge >= 0.3 is 0 Å². The molecule has 24 heavy (non-hydrogen) atoms. The number of hydrogen-bond acceptors (Lipinski definition) is 4. The predicted molar refractivity (Wildman–Crippen MR) is 100 cm³/mol. The summed E-state index contributed by atoms with van der Waals surface area (Å²) in [5.41, 5.74) is 0. The lowest BCUT2D eigenvalue weighted by Gasteiger charge is -2.18. The first-order valence-electron chi connectivity index (χ1n) is 10.5. The first-order valence-corrected chi connectivity index (χ1v) is 10.5. The maximum absolute atomic E-state index is 10.1. The molecule has 0 aliphatic heterocycles. The zero-order valence-corrected chi connectivity index (χ0v) is 15.5. The van der Waals surface area contributed by atoms with Crippen molar-refractivity contribution in [2.75, 3.05) is 26.2 Å². The van der Waals surface area contributed by atoms with Crippen LogP contribution in [0.4, 0.5) is 0 Å². The van der Waals surface area contributed by atoms with Crippen LogP contribution in [0.3, 0.4) is 0 Å². The van der Waals surface area contributed by atoms with Crippen molar-refractivity contribution in [2.24, 2.45) is 11.8 Å². The minimum absolute atomic E-state index is 0.136. The first kappa shape index (κ1) is 20.2. The molecule has 4 N–H and O–H groups in total. The molecule has 142 valence electrons. The highest BCUT2D eigenvalue weighted by atomic mass is 16.3. The van der Waals surface area contributed by atoms with Gasteiger partial charge in [-0.1, -0.05) is 38.5 Å². The molecule has 0 aromatic carbocycles. The monoisotopic (exact) mass is 340 g/mol. The molecule has 4 heteroatoms. The average Bonchev–Trinajstić information content (AvgIpc) is 3.29. The molecule has 2 atom stereocenters. The number of nitrogens with one attached hydrogen (secondary N) is 2. The van der Waals surface area contributed by atoms with Crippen LogP contribution in [-0.4, -0.2) is 48.6 Å². The van der Waals surface area contributed by atoms with E-state index < -0.39 is 0 Å². The van der Waals surface area contributed by atoms with Crippen molar-refractivity contribution in [3.05, 3.63) is 0 Å². The van der Waals surface area contributed by atoms with Gasteiger partial charge in [0.15, 0.2) is 0 Å². The summed E-state index contributed by atoms with van der Waals surface area (Å²) in [6, 6.07) is 0. The predicted octanol–water partition coefficient (Wildman–Crippen LogP) is 2.83. The number of unbranched alkanes of at least 4 members (excludes halogenated alkanes) is 3. The fourth-order valence-electron chi connectivity index (χ4n) is 4.37. The molecule has 2 rings (SSSR count). The number of rotatable bonds is 13. The van der Waals surface area contributed by atoms with E-state index in [1.807, 2.05) is 0 Å². The van der Waals surface area contributed by atoms with Crippen LogP contribution >= 0.6 is 0 Å². The van der Waals surface area contributed by atoms with Crippen LogP contribution in [0.5, 0.6) is 0 Å². The smallest absolute Gasteiger partial charge is 0.0692 e. The molecule has 2 fully saturated rings. The summed E-state index contributed by atoms with van der Waals surface area (Å²) in [4.78, 5) is 0. The molecule has 0 heterocycles. The average molecular weight is 341 g/mol. The maximum Gasteiger partial charge on any atom is 0.0692 e. The Kier molecular flexibility index (Phi) is 10.3. The third kappa shape index (κ3) is 7.81. The zero-order chi connectivity index (χ0) is 17.0. The van der Waals surface area contributed by atoms with Crippen LogP contribution in [0.1, 0.15) is 77.0 Å². The highest BCUT2D eigenvalue weighted by molar-refractivity contribution is 4.77. The standard InChI is InChI=1S/C20H40N2O2/c23-19(17-9-3-4-10-17)15-21-13-7-1-2-8-14-22-16-20(24)18-11-5-6-12-18/h17-24H,1-16H2. The van der Waals surface area contributed by atoms with Crippen molar-refractivity contribution >= 4 is 0 Å². The molecule has 0 spiro atoms. The van der Waals surface area contributed by atoms with Crippen molar-refractivity contribution in [1.82, 2.24) is 10.6 Å². The van der Waals surface area contributed by atoms with Crippen molar-refractivity contribution in [2.45, 2.75) is 89.3 Å². The molecule has 2 aliphatic carbocycles. The Morgan fingerprint density at radius 1 is 0.625 bits per heavy atom. The van der Waals surface area contributed by atoms with Crippen LogP contribution < -0.4 is 10.6 Å². The Morgan fingerprint density at radius 3 is 1.38 bits per heavy atom. The summed E-state index contributed by atoms with van der Waals surface area (Å²) in [6.07, 6.45) is 14.7. The number of aliphatic hydroxyl groups excluding tert-OH is 2. The van der Waals surface area contributed by atoms with Crippen LogP contribution in [0.2, 0.25) is 0 Å². The maximum atomic E-state index is 10.1. The third-order valence-electron chi connectivity index (χ3n) is 6.05. The van der Waals surface area contributed by atoms with E-state index in [4.69, 9.17) is 0 Å². The summed E-state index contributed by atoms with van der Waals surface area (Å²) in [5, 5.41) is 27.0. The van der Waals surface area contributed by atoms with E-state index in [9.17, 15) is 10.2 Å².